The second-order valence-electron chi connectivity index (χ2n) is 9.68. The fourth-order valence-electron chi connectivity index (χ4n) is 3.92. The quantitative estimate of drug-likeness (QED) is 0.484. The molecule has 0 aliphatic carbocycles. The molecule has 34 heavy (non-hydrogen) atoms. The number of likely N-dealkylation sites (tertiary alicyclic amines) is 1. The highest BCUT2D eigenvalue weighted by Gasteiger charge is 2.28. The van der Waals surface area contributed by atoms with Crippen LogP contribution >= 0.6 is 11.6 Å². The zero-order valence-electron chi connectivity index (χ0n) is 20.3. The number of hydrogen-bond acceptors (Lipinski definition) is 8. The SMILES string of the molecule is CC(C)(C)OC(=O)N1CCC(COc2cnc(N3CCN(S(=O)(=O)CCCCl)CC3)cn2)CC1. The Balaban J connectivity index is 1.40. The van der Waals surface area contributed by atoms with Crippen molar-refractivity contribution >= 4 is 33.5 Å². The Kier molecular flexibility index (Phi) is 9.22. The Labute approximate surface area is 207 Å². The van der Waals surface area contributed by atoms with Gasteiger partial charge in [-0.15, -0.1) is 11.6 Å². The Hall–Kier alpha value is -1.85. The molecule has 2 saturated heterocycles. The number of piperidine rings is 1. The van der Waals surface area contributed by atoms with E-state index >= 15 is 0 Å². The van der Waals surface area contributed by atoms with Crippen LogP contribution in [0, 0.1) is 5.92 Å². The minimum Gasteiger partial charge on any atom is -0.476 e. The van der Waals surface area contributed by atoms with Gasteiger partial charge in [0.1, 0.15) is 11.4 Å². The predicted octanol–water partition coefficient (Wildman–Crippen LogP) is 2.58. The monoisotopic (exact) mass is 517 g/mol. The molecule has 0 unspecified atom stereocenters. The number of piperazine rings is 1. The van der Waals surface area contributed by atoms with Crippen molar-refractivity contribution in [3.63, 3.8) is 0 Å². The van der Waals surface area contributed by atoms with E-state index in [1.807, 2.05) is 25.7 Å². The summed E-state index contributed by atoms with van der Waals surface area (Å²) in [6.07, 6.45) is 5.17. The maximum Gasteiger partial charge on any atom is 0.410 e. The molecular weight excluding hydrogens is 482 g/mol. The summed E-state index contributed by atoms with van der Waals surface area (Å²) in [7, 11) is -3.25. The van der Waals surface area contributed by atoms with Gasteiger partial charge in [0.15, 0.2) is 0 Å². The molecule has 1 aromatic heterocycles. The van der Waals surface area contributed by atoms with Crippen molar-refractivity contribution in [2.75, 3.05) is 62.4 Å². The van der Waals surface area contributed by atoms with Gasteiger partial charge in [-0.05, 0) is 46.0 Å². The number of anilines is 1. The Morgan fingerprint density at radius 3 is 2.32 bits per heavy atom. The average Bonchev–Trinajstić information content (AvgIpc) is 2.81. The van der Waals surface area contributed by atoms with Crippen molar-refractivity contribution in [1.82, 2.24) is 19.2 Å². The first-order chi connectivity index (χ1) is 16.1. The van der Waals surface area contributed by atoms with Gasteiger partial charge in [0.05, 0.1) is 24.8 Å². The number of alkyl halides is 1. The molecule has 1 amide bonds. The number of amides is 1. The summed E-state index contributed by atoms with van der Waals surface area (Å²) in [5, 5.41) is 0. The fourth-order valence-corrected chi connectivity index (χ4v) is 5.70. The smallest absolute Gasteiger partial charge is 0.410 e. The van der Waals surface area contributed by atoms with Gasteiger partial charge in [0.2, 0.25) is 15.9 Å². The van der Waals surface area contributed by atoms with E-state index < -0.39 is 15.6 Å². The molecule has 2 aliphatic rings. The van der Waals surface area contributed by atoms with Crippen molar-refractivity contribution in [2.45, 2.75) is 45.6 Å². The van der Waals surface area contributed by atoms with Crippen molar-refractivity contribution in [3.05, 3.63) is 12.4 Å². The van der Waals surface area contributed by atoms with Crippen molar-refractivity contribution in [2.24, 2.45) is 5.92 Å². The second kappa shape index (κ2) is 11.7. The van der Waals surface area contributed by atoms with E-state index in [2.05, 4.69) is 9.97 Å². The fraction of sp³-hybridized carbons (Fsp3) is 0.773. The van der Waals surface area contributed by atoms with Crippen LogP contribution in [0.25, 0.3) is 0 Å². The second-order valence-corrected chi connectivity index (χ2v) is 12.1. The van der Waals surface area contributed by atoms with Gasteiger partial charge in [-0.25, -0.2) is 23.2 Å². The van der Waals surface area contributed by atoms with E-state index in [1.165, 1.54) is 4.31 Å². The number of sulfonamides is 1. The first kappa shape index (κ1) is 26.7. The third-order valence-corrected chi connectivity index (χ3v) is 8.06. The van der Waals surface area contributed by atoms with Crippen LogP contribution in [-0.4, -0.2) is 96.8 Å². The average molecular weight is 518 g/mol. The lowest BCUT2D eigenvalue weighted by Gasteiger charge is -2.34. The normalized spacial score (nSPS) is 18.7. The number of ether oxygens (including phenoxy) is 2. The maximum atomic E-state index is 12.3. The first-order valence-corrected chi connectivity index (χ1v) is 13.9. The van der Waals surface area contributed by atoms with Crippen LogP contribution < -0.4 is 9.64 Å². The zero-order chi connectivity index (χ0) is 24.8. The molecule has 0 spiro atoms. The summed E-state index contributed by atoms with van der Waals surface area (Å²) in [4.78, 5) is 24.8. The van der Waals surface area contributed by atoms with E-state index in [-0.39, 0.29) is 11.8 Å². The summed E-state index contributed by atoms with van der Waals surface area (Å²) in [6.45, 7) is 9.40. The summed E-state index contributed by atoms with van der Waals surface area (Å²) in [6, 6.07) is 0. The van der Waals surface area contributed by atoms with Crippen LogP contribution in [-0.2, 0) is 14.8 Å². The van der Waals surface area contributed by atoms with Gasteiger partial charge < -0.3 is 19.3 Å². The largest absolute Gasteiger partial charge is 0.476 e. The maximum absolute atomic E-state index is 12.3. The predicted molar refractivity (Wildman–Crippen MR) is 131 cm³/mol. The number of nitrogens with zero attached hydrogens (tertiary/aromatic N) is 5. The van der Waals surface area contributed by atoms with Gasteiger partial charge >= 0.3 is 6.09 Å². The number of carbonyl (C=O) groups excluding carboxylic acids is 1. The molecule has 10 nitrogen and oxygen atoms in total. The van der Waals surface area contributed by atoms with E-state index in [9.17, 15) is 13.2 Å². The van der Waals surface area contributed by atoms with Crippen LogP contribution in [0.1, 0.15) is 40.0 Å². The Morgan fingerprint density at radius 1 is 1.09 bits per heavy atom. The van der Waals surface area contributed by atoms with Crippen LogP contribution in [0.2, 0.25) is 0 Å². The number of rotatable bonds is 8. The topological polar surface area (TPSA) is 105 Å². The molecule has 0 radical (unpaired) electrons. The first-order valence-electron chi connectivity index (χ1n) is 11.8. The van der Waals surface area contributed by atoms with Crippen LogP contribution in [0.3, 0.4) is 0 Å². The summed E-state index contributed by atoms with van der Waals surface area (Å²) < 4.78 is 37.4. The minimum absolute atomic E-state index is 0.0857. The summed E-state index contributed by atoms with van der Waals surface area (Å²) in [5.41, 5.74) is -0.489. The number of carbonyl (C=O) groups is 1. The third kappa shape index (κ3) is 7.84. The highest BCUT2D eigenvalue weighted by Crippen LogP contribution is 2.22. The van der Waals surface area contributed by atoms with Crippen LogP contribution in [0.4, 0.5) is 10.6 Å². The molecule has 0 atom stereocenters. The van der Waals surface area contributed by atoms with E-state index in [4.69, 9.17) is 21.1 Å². The number of aromatic nitrogens is 2. The molecule has 1 aromatic rings. The number of halogens is 1. The standard InChI is InChI=1S/C22H36ClN5O5S/c1-22(2,3)33-21(29)27-8-5-18(6-9-27)17-32-20-16-24-19(15-25-20)26-10-12-28(13-11-26)34(30,31)14-4-7-23/h15-16,18H,4-14,17H2,1-3H3. The van der Waals surface area contributed by atoms with Crippen LogP contribution in [0.5, 0.6) is 5.88 Å². The summed E-state index contributed by atoms with van der Waals surface area (Å²) >= 11 is 5.63. The third-order valence-electron chi connectivity index (χ3n) is 5.84. The van der Waals surface area contributed by atoms with Crippen LogP contribution in [0.15, 0.2) is 12.4 Å². The number of hydrogen-bond donors (Lipinski definition) is 0. The van der Waals surface area contributed by atoms with E-state index in [0.717, 1.165) is 12.8 Å². The molecule has 2 fully saturated rings. The lowest BCUT2D eigenvalue weighted by Crippen LogP contribution is -2.49. The van der Waals surface area contributed by atoms with Crippen molar-refractivity contribution < 1.29 is 22.7 Å². The van der Waals surface area contributed by atoms with Crippen molar-refractivity contribution in [3.8, 4) is 5.88 Å². The molecule has 2 aliphatic heterocycles. The lowest BCUT2D eigenvalue weighted by atomic mass is 9.98. The molecule has 12 heteroatoms. The molecule has 192 valence electrons. The summed E-state index contributed by atoms with van der Waals surface area (Å²) in [5.74, 6) is 1.93. The highest BCUT2D eigenvalue weighted by atomic mass is 35.5. The van der Waals surface area contributed by atoms with E-state index in [0.29, 0.717) is 75.8 Å². The zero-order valence-corrected chi connectivity index (χ0v) is 21.9. The molecule has 0 aromatic carbocycles. The van der Waals surface area contributed by atoms with Crippen molar-refractivity contribution in [1.29, 1.82) is 0 Å². The van der Waals surface area contributed by atoms with Gasteiger partial charge in [-0.2, -0.15) is 4.31 Å². The molecule has 3 heterocycles. The molecule has 0 saturated carbocycles. The Bertz CT molecular complexity index is 893. The van der Waals surface area contributed by atoms with E-state index in [1.54, 1.807) is 17.3 Å². The lowest BCUT2D eigenvalue weighted by molar-refractivity contribution is 0.0164. The molecule has 3 rings (SSSR count). The minimum atomic E-state index is -3.25. The van der Waals surface area contributed by atoms with Gasteiger partial charge in [0.25, 0.3) is 0 Å². The Morgan fingerprint density at radius 2 is 1.76 bits per heavy atom. The van der Waals surface area contributed by atoms with Gasteiger partial charge in [-0.1, -0.05) is 0 Å². The van der Waals surface area contributed by atoms with Gasteiger partial charge in [0, 0.05) is 45.1 Å². The molecule has 0 N–H and O–H groups in total. The molecular formula is C22H36ClN5O5S. The van der Waals surface area contributed by atoms with Gasteiger partial charge in [-0.3, -0.25) is 0 Å². The highest BCUT2D eigenvalue weighted by molar-refractivity contribution is 7.89. The molecule has 0 bridgehead atoms.